The maximum absolute atomic E-state index is 2.41. The summed E-state index contributed by atoms with van der Waals surface area (Å²) in [5.41, 5.74) is 3.91. The number of fused-ring (bicyclic) bond motifs is 1. The van der Waals surface area contributed by atoms with Crippen molar-refractivity contribution in [3.05, 3.63) is 64.3 Å². The summed E-state index contributed by atoms with van der Waals surface area (Å²) >= 11 is 0. The summed E-state index contributed by atoms with van der Waals surface area (Å²) in [6, 6.07) is 10.7. The topological polar surface area (TPSA) is 4.93 Å². The molecule has 0 radical (unpaired) electrons. The van der Waals surface area contributed by atoms with Crippen LogP contribution in [0.2, 0.25) is 0 Å². The van der Waals surface area contributed by atoms with Crippen LogP contribution < -0.4 is 10.6 Å². The van der Waals surface area contributed by atoms with Crippen LogP contribution in [0.4, 0.5) is 0 Å². The number of hydrogen-bond acceptors (Lipinski definition) is 0. The lowest BCUT2D eigenvalue weighted by atomic mass is 9.93. The van der Waals surface area contributed by atoms with Crippen LogP contribution in [-0.4, -0.2) is 4.57 Å². The Balaban J connectivity index is 2.40. The molecule has 0 fully saturated rings. The fourth-order valence-corrected chi connectivity index (χ4v) is 3.27. The zero-order valence-electron chi connectivity index (χ0n) is 15.2. The largest absolute Gasteiger partial charge is 0.310 e. The average molecular weight is 317 g/mol. The molecule has 1 aromatic carbocycles. The highest BCUT2D eigenvalue weighted by Gasteiger charge is 2.18. The molecule has 1 aliphatic carbocycles. The molecular formula is C23H27N. The summed E-state index contributed by atoms with van der Waals surface area (Å²) in [6.07, 6.45) is 16.1. The van der Waals surface area contributed by atoms with Crippen LogP contribution >= 0.6 is 0 Å². The molecule has 1 aliphatic rings. The van der Waals surface area contributed by atoms with E-state index in [4.69, 9.17) is 0 Å². The monoisotopic (exact) mass is 317 g/mol. The van der Waals surface area contributed by atoms with E-state index in [2.05, 4.69) is 99.1 Å². The third-order valence-corrected chi connectivity index (χ3v) is 4.60. The van der Waals surface area contributed by atoms with Crippen LogP contribution in [0.1, 0.15) is 51.8 Å². The van der Waals surface area contributed by atoms with E-state index in [0.29, 0.717) is 0 Å². The first-order valence-corrected chi connectivity index (χ1v) is 8.92. The number of aromatic nitrogens is 1. The van der Waals surface area contributed by atoms with E-state index in [1.807, 2.05) is 0 Å². The molecule has 2 aromatic rings. The molecule has 0 saturated heterocycles. The number of para-hydroxylation sites is 1. The molecule has 0 atom stereocenters. The molecule has 0 unspecified atom stereocenters. The van der Waals surface area contributed by atoms with Gasteiger partial charge in [-0.1, -0.05) is 75.8 Å². The summed E-state index contributed by atoms with van der Waals surface area (Å²) < 4.78 is 2.41. The van der Waals surface area contributed by atoms with Crippen LogP contribution in [0, 0.1) is 5.41 Å². The Labute approximate surface area is 145 Å². The van der Waals surface area contributed by atoms with Gasteiger partial charge in [-0.25, -0.2) is 0 Å². The van der Waals surface area contributed by atoms with Crippen molar-refractivity contribution in [1.29, 1.82) is 0 Å². The van der Waals surface area contributed by atoms with Gasteiger partial charge in [0.25, 0.3) is 0 Å². The first-order valence-electron chi connectivity index (χ1n) is 8.92. The molecule has 24 heavy (non-hydrogen) atoms. The molecule has 0 aliphatic heterocycles. The Hall–Kier alpha value is -2.28. The van der Waals surface area contributed by atoms with Crippen molar-refractivity contribution < 1.29 is 0 Å². The van der Waals surface area contributed by atoms with Gasteiger partial charge < -0.3 is 4.57 Å². The quantitative estimate of drug-likeness (QED) is 0.757. The predicted octanol–water partition coefficient (Wildman–Crippen LogP) is 4.92. The van der Waals surface area contributed by atoms with Crippen molar-refractivity contribution in [3.63, 3.8) is 0 Å². The third-order valence-electron chi connectivity index (χ3n) is 4.60. The second-order valence-electron chi connectivity index (χ2n) is 7.04. The minimum atomic E-state index is 0.0822. The number of allylic oxidation sites excluding steroid dienone is 2. The lowest BCUT2D eigenvalue weighted by Gasteiger charge is -2.13. The van der Waals surface area contributed by atoms with Crippen LogP contribution in [-0.2, 0) is 0 Å². The van der Waals surface area contributed by atoms with E-state index in [1.165, 1.54) is 27.5 Å². The molecule has 1 aromatic heterocycles. The number of nitrogens with zero attached hydrogens (tertiary/aromatic N) is 1. The smallest absolute Gasteiger partial charge is 0.0537 e. The second kappa shape index (κ2) is 6.68. The van der Waals surface area contributed by atoms with E-state index < -0.39 is 0 Å². The summed E-state index contributed by atoms with van der Waals surface area (Å²) in [5, 5.41) is 2.64. The highest BCUT2D eigenvalue weighted by Crippen LogP contribution is 2.27. The molecule has 0 saturated carbocycles. The van der Waals surface area contributed by atoms with Crippen molar-refractivity contribution in [2.45, 2.75) is 40.5 Å². The number of hydrogen-bond donors (Lipinski definition) is 0. The van der Waals surface area contributed by atoms with E-state index in [0.717, 1.165) is 12.8 Å². The highest BCUT2D eigenvalue weighted by molar-refractivity contribution is 5.70. The van der Waals surface area contributed by atoms with Crippen molar-refractivity contribution in [2.24, 2.45) is 5.41 Å². The van der Waals surface area contributed by atoms with Gasteiger partial charge in [0.2, 0.25) is 0 Å². The zero-order valence-corrected chi connectivity index (χ0v) is 15.2. The summed E-state index contributed by atoms with van der Waals surface area (Å²) in [7, 11) is 0. The second-order valence-corrected chi connectivity index (χ2v) is 7.04. The summed E-state index contributed by atoms with van der Waals surface area (Å²) in [6.45, 7) is 8.87. The summed E-state index contributed by atoms with van der Waals surface area (Å²) in [4.78, 5) is 0. The Kier molecular flexibility index (Phi) is 4.62. The van der Waals surface area contributed by atoms with Gasteiger partial charge in [0.15, 0.2) is 0 Å². The van der Waals surface area contributed by atoms with Gasteiger partial charge in [0.05, 0.1) is 5.69 Å². The minimum absolute atomic E-state index is 0.0822. The van der Waals surface area contributed by atoms with Crippen molar-refractivity contribution in [2.75, 3.05) is 0 Å². The molecule has 3 rings (SSSR count). The van der Waals surface area contributed by atoms with E-state index >= 15 is 0 Å². The normalized spacial score (nSPS) is 17.2. The van der Waals surface area contributed by atoms with Crippen molar-refractivity contribution >= 4 is 24.3 Å². The fourth-order valence-electron chi connectivity index (χ4n) is 3.27. The first-order chi connectivity index (χ1) is 11.6. The molecule has 0 bridgehead atoms. The van der Waals surface area contributed by atoms with Gasteiger partial charge in [0, 0.05) is 27.2 Å². The third kappa shape index (κ3) is 3.03. The van der Waals surface area contributed by atoms with Gasteiger partial charge in [-0.05, 0) is 31.6 Å². The van der Waals surface area contributed by atoms with Crippen LogP contribution in [0.25, 0.3) is 30.0 Å². The minimum Gasteiger partial charge on any atom is -0.310 e. The van der Waals surface area contributed by atoms with Crippen LogP contribution in [0.5, 0.6) is 0 Å². The Morgan fingerprint density at radius 2 is 1.75 bits per heavy atom. The van der Waals surface area contributed by atoms with Gasteiger partial charge >= 0.3 is 0 Å². The van der Waals surface area contributed by atoms with Crippen molar-refractivity contribution in [3.8, 4) is 5.69 Å². The van der Waals surface area contributed by atoms with E-state index in [1.54, 1.807) is 0 Å². The highest BCUT2D eigenvalue weighted by atomic mass is 15.0. The van der Waals surface area contributed by atoms with Crippen LogP contribution in [0.3, 0.4) is 0 Å². The van der Waals surface area contributed by atoms with Crippen LogP contribution in [0.15, 0.2) is 42.5 Å². The van der Waals surface area contributed by atoms with Gasteiger partial charge in [-0.2, -0.15) is 0 Å². The maximum atomic E-state index is 2.41. The number of rotatable bonds is 3. The van der Waals surface area contributed by atoms with E-state index in [-0.39, 0.29) is 5.41 Å². The Bertz CT molecular complexity index is 890. The zero-order chi connectivity index (χ0) is 17.2. The molecule has 124 valence electrons. The van der Waals surface area contributed by atoms with E-state index in [9.17, 15) is 0 Å². The molecule has 1 heterocycles. The van der Waals surface area contributed by atoms with Gasteiger partial charge in [0.1, 0.15) is 0 Å². The maximum Gasteiger partial charge on any atom is 0.0537 e. The standard InChI is InChI=1S/C23H27N/c1-5-7-13-21-19(6-2)20-14-16-23(3,4)17-15-22(20)24(21)18-11-9-8-10-12-18/h6,8-17H,5,7H2,1-4H3/b19-6-,21-13+. The number of unbranched alkanes of at least 4 members (excludes halogenated alkanes) is 1. The van der Waals surface area contributed by atoms with Crippen molar-refractivity contribution in [1.82, 2.24) is 4.57 Å². The molecule has 1 nitrogen and oxygen atoms in total. The first kappa shape index (κ1) is 16.6. The SMILES string of the molecule is C/C=c1/c2c(n(-c3ccccc3)/c1=C/CCC)C=CC(C)(C)C=C2. The predicted molar refractivity (Wildman–Crippen MR) is 106 cm³/mol. The average Bonchev–Trinajstić information content (AvgIpc) is 2.80. The summed E-state index contributed by atoms with van der Waals surface area (Å²) in [5.74, 6) is 0. The lowest BCUT2D eigenvalue weighted by molar-refractivity contribution is 0.633. The molecule has 0 N–H and O–H groups in total. The van der Waals surface area contributed by atoms with Gasteiger partial charge in [-0.15, -0.1) is 0 Å². The molecule has 0 spiro atoms. The Morgan fingerprint density at radius 3 is 2.42 bits per heavy atom. The molecule has 1 heteroatoms. The van der Waals surface area contributed by atoms with Gasteiger partial charge in [-0.3, -0.25) is 0 Å². The fraction of sp³-hybridized carbons (Fsp3) is 0.304. The molecule has 0 amide bonds. The Morgan fingerprint density at radius 1 is 1.04 bits per heavy atom. The molecular weight excluding hydrogens is 290 g/mol. The lowest BCUT2D eigenvalue weighted by Crippen LogP contribution is -2.29. The number of benzene rings is 1.